The molecule has 0 radical (unpaired) electrons. The van der Waals surface area contributed by atoms with Gasteiger partial charge < -0.3 is 19.6 Å². The summed E-state index contributed by atoms with van der Waals surface area (Å²) in [5.41, 5.74) is 3.51. The third-order valence-electron chi connectivity index (χ3n) is 3.65. The highest BCUT2D eigenvalue weighted by atomic mass is 32.3. The van der Waals surface area contributed by atoms with E-state index in [1.807, 2.05) is 43.5 Å². The number of nitrogens with one attached hydrogen (secondary N) is 2. The first-order valence-corrected chi connectivity index (χ1v) is 9.41. The summed E-state index contributed by atoms with van der Waals surface area (Å²) in [6.45, 7) is 0. The number of likely N-dealkylation sites (N-methyl/N-ethyl adjacent to an activating group) is 2. The summed E-state index contributed by atoms with van der Waals surface area (Å²) >= 11 is 0. The molecule has 0 aromatic heterocycles. The SMILES string of the molecule is CNC(=Cc1ccc(OC)cc1)C(=Cc1ccc(OS(=O)(=O)O)cc1)NC. The Morgan fingerprint density at radius 3 is 1.59 bits per heavy atom. The molecule has 0 aliphatic heterocycles. The number of benzene rings is 2. The van der Waals surface area contributed by atoms with E-state index in [4.69, 9.17) is 9.29 Å². The van der Waals surface area contributed by atoms with E-state index in [0.717, 1.165) is 28.3 Å². The molecule has 27 heavy (non-hydrogen) atoms. The fourth-order valence-corrected chi connectivity index (χ4v) is 2.70. The molecule has 0 amide bonds. The zero-order chi connectivity index (χ0) is 19.9. The van der Waals surface area contributed by atoms with Crippen molar-refractivity contribution in [2.24, 2.45) is 0 Å². The number of methoxy groups -OCH3 is 1. The maximum Gasteiger partial charge on any atom is 0.446 e. The molecule has 0 aliphatic rings. The Labute approximate surface area is 159 Å². The predicted octanol–water partition coefficient (Wildman–Crippen LogP) is 2.70. The van der Waals surface area contributed by atoms with Gasteiger partial charge in [0, 0.05) is 14.1 Å². The molecule has 2 rings (SSSR count). The lowest BCUT2D eigenvalue weighted by Crippen LogP contribution is -2.17. The second kappa shape index (κ2) is 9.11. The first-order chi connectivity index (χ1) is 12.8. The molecule has 0 unspecified atom stereocenters. The summed E-state index contributed by atoms with van der Waals surface area (Å²) in [7, 11) is 0.722. The Morgan fingerprint density at radius 1 is 0.852 bits per heavy atom. The molecule has 2 aromatic rings. The molecular formula is C19H22N2O5S. The average Bonchev–Trinajstić information content (AvgIpc) is 2.65. The molecule has 2 aromatic carbocycles. The second-order valence-corrected chi connectivity index (χ2v) is 6.49. The highest BCUT2D eigenvalue weighted by molar-refractivity contribution is 7.81. The zero-order valence-corrected chi connectivity index (χ0v) is 16.1. The Balaban J connectivity index is 2.27. The van der Waals surface area contributed by atoms with Crippen LogP contribution in [0.2, 0.25) is 0 Å². The summed E-state index contributed by atoms with van der Waals surface area (Å²) in [6, 6.07) is 13.9. The predicted molar refractivity (Wildman–Crippen MR) is 106 cm³/mol. The Hall–Kier alpha value is -2.97. The molecule has 0 saturated heterocycles. The van der Waals surface area contributed by atoms with Crippen molar-refractivity contribution < 1.29 is 21.9 Å². The van der Waals surface area contributed by atoms with Crippen molar-refractivity contribution >= 4 is 22.6 Å². The lowest BCUT2D eigenvalue weighted by atomic mass is 10.1. The largest absolute Gasteiger partial charge is 0.497 e. The van der Waals surface area contributed by atoms with Crippen LogP contribution in [0.25, 0.3) is 12.2 Å². The van der Waals surface area contributed by atoms with Crippen LogP contribution in [0, 0.1) is 0 Å². The van der Waals surface area contributed by atoms with E-state index in [1.165, 1.54) is 12.1 Å². The molecule has 0 saturated carbocycles. The van der Waals surface area contributed by atoms with Gasteiger partial charge in [-0.3, -0.25) is 4.55 Å². The van der Waals surface area contributed by atoms with Crippen LogP contribution in [-0.2, 0) is 10.4 Å². The molecule has 144 valence electrons. The highest BCUT2D eigenvalue weighted by Crippen LogP contribution is 2.19. The van der Waals surface area contributed by atoms with Crippen molar-refractivity contribution in [3.63, 3.8) is 0 Å². The van der Waals surface area contributed by atoms with Crippen LogP contribution < -0.4 is 19.6 Å². The fourth-order valence-electron chi connectivity index (χ4n) is 2.34. The first-order valence-electron chi connectivity index (χ1n) is 8.05. The van der Waals surface area contributed by atoms with Gasteiger partial charge in [-0.2, -0.15) is 8.42 Å². The molecule has 0 fully saturated rings. The van der Waals surface area contributed by atoms with E-state index in [2.05, 4.69) is 14.8 Å². The maximum absolute atomic E-state index is 10.7. The van der Waals surface area contributed by atoms with E-state index < -0.39 is 10.4 Å². The van der Waals surface area contributed by atoms with Crippen LogP contribution in [0.1, 0.15) is 11.1 Å². The number of ether oxygens (including phenoxy) is 1. The minimum Gasteiger partial charge on any atom is -0.497 e. The molecule has 7 nitrogen and oxygen atoms in total. The third kappa shape index (κ3) is 6.36. The zero-order valence-electron chi connectivity index (χ0n) is 15.3. The van der Waals surface area contributed by atoms with E-state index in [9.17, 15) is 8.42 Å². The standard InChI is InChI=1S/C19H22N2O5S/c1-20-18(12-14-4-8-16(25-3)9-5-14)19(21-2)13-15-6-10-17(11-7-15)26-27(22,23)24/h4-13,20-21H,1-3H3,(H,22,23,24). The Morgan fingerprint density at radius 2 is 1.26 bits per heavy atom. The third-order valence-corrected chi connectivity index (χ3v) is 4.05. The first kappa shape index (κ1) is 20.3. The molecule has 0 aliphatic carbocycles. The van der Waals surface area contributed by atoms with Crippen LogP contribution in [0.15, 0.2) is 59.9 Å². The lowest BCUT2D eigenvalue weighted by molar-refractivity contribution is 0.387. The van der Waals surface area contributed by atoms with Crippen molar-refractivity contribution in [1.82, 2.24) is 10.6 Å². The summed E-state index contributed by atoms with van der Waals surface area (Å²) in [4.78, 5) is 0. The van der Waals surface area contributed by atoms with Gasteiger partial charge in [0.1, 0.15) is 11.5 Å². The van der Waals surface area contributed by atoms with Crippen molar-refractivity contribution in [3.05, 3.63) is 71.1 Å². The monoisotopic (exact) mass is 390 g/mol. The smallest absolute Gasteiger partial charge is 0.446 e. The summed E-state index contributed by atoms with van der Waals surface area (Å²) in [5, 5.41) is 6.29. The van der Waals surface area contributed by atoms with E-state index >= 15 is 0 Å². The van der Waals surface area contributed by atoms with Crippen molar-refractivity contribution in [1.29, 1.82) is 0 Å². The van der Waals surface area contributed by atoms with Gasteiger partial charge in [0.05, 0.1) is 18.5 Å². The minimum atomic E-state index is -4.53. The fraction of sp³-hybridized carbons (Fsp3) is 0.158. The van der Waals surface area contributed by atoms with Gasteiger partial charge in [0.2, 0.25) is 0 Å². The topological polar surface area (TPSA) is 96.9 Å². The second-order valence-electron chi connectivity index (χ2n) is 5.47. The lowest BCUT2D eigenvalue weighted by Gasteiger charge is -2.12. The van der Waals surface area contributed by atoms with Gasteiger partial charge in [0.25, 0.3) is 0 Å². The van der Waals surface area contributed by atoms with Crippen molar-refractivity contribution in [3.8, 4) is 11.5 Å². The van der Waals surface area contributed by atoms with E-state index in [-0.39, 0.29) is 5.75 Å². The maximum atomic E-state index is 10.7. The highest BCUT2D eigenvalue weighted by Gasteiger charge is 2.07. The van der Waals surface area contributed by atoms with E-state index in [0.29, 0.717) is 0 Å². The van der Waals surface area contributed by atoms with Crippen LogP contribution >= 0.6 is 0 Å². The summed E-state index contributed by atoms with van der Waals surface area (Å²) in [6.07, 6.45) is 3.88. The van der Waals surface area contributed by atoms with Crippen LogP contribution in [-0.4, -0.2) is 34.2 Å². The summed E-state index contributed by atoms with van der Waals surface area (Å²) in [5.74, 6) is 0.818. The number of rotatable bonds is 8. The van der Waals surface area contributed by atoms with Crippen molar-refractivity contribution in [2.75, 3.05) is 21.2 Å². The van der Waals surface area contributed by atoms with Crippen molar-refractivity contribution in [2.45, 2.75) is 0 Å². The molecule has 0 spiro atoms. The molecule has 0 bridgehead atoms. The van der Waals surface area contributed by atoms with Gasteiger partial charge in [-0.1, -0.05) is 24.3 Å². The van der Waals surface area contributed by atoms with E-state index in [1.54, 1.807) is 26.3 Å². The van der Waals surface area contributed by atoms with Gasteiger partial charge in [-0.05, 0) is 47.5 Å². The molecule has 8 heteroatoms. The number of hydrogen-bond acceptors (Lipinski definition) is 6. The molecular weight excluding hydrogens is 368 g/mol. The normalized spacial score (nSPS) is 12.4. The molecule has 0 atom stereocenters. The summed E-state index contributed by atoms with van der Waals surface area (Å²) < 4.78 is 39.8. The van der Waals surface area contributed by atoms with Gasteiger partial charge in [-0.25, -0.2) is 0 Å². The average molecular weight is 390 g/mol. The van der Waals surface area contributed by atoms with Gasteiger partial charge in [-0.15, -0.1) is 0 Å². The Bertz CT molecular complexity index is 918. The van der Waals surface area contributed by atoms with Gasteiger partial charge >= 0.3 is 10.4 Å². The van der Waals surface area contributed by atoms with Crippen LogP contribution in [0.5, 0.6) is 11.5 Å². The van der Waals surface area contributed by atoms with Crippen LogP contribution in [0.3, 0.4) is 0 Å². The minimum absolute atomic E-state index is 0.0308. The van der Waals surface area contributed by atoms with Gasteiger partial charge in [0.15, 0.2) is 0 Å². The molecule has 0 heterocycles. The number of hydrogen-bond donors (Lipinski definition) is 3. The Kier molecular flexibility index (Phi) is 6.86. The quantitative estimate of drug-likeness (QED) is 0.471. The van der Waals surface area contributed by atoms with Crippen LogP contribution in [0.4, 0.5) is 0 Å². The molecule has 3 N–H and O–H groups in total.